The van der Waals surface area contributed by atoms with Crippen molar-refractivity contribution in [2.75, 3.05) is 27.4 Å². The largest absolute Gasteiger partial charge is 0.383 e. The van der Waals surface area contributed by atoms with Gasteiger partial charge in [0.05, 0.1) is 47.6 Å². The van der Waals surface area contributed by atoms with E-state index in [-0.39, 0.29) is 79.3 Å². The number of imide groups is 4. The van der Waals surface area contributed by atoms with Crippen LogP contribution in [0.15, 0.2) is 48.5 Å². The van der Waals surface area contributed by atoms with Gasteiger partial charge in [-0.2, -0.15) is 10.0 Å². The van der Waals surface area contributed by atoms with Crippen LogP contribution in [0, 0.1) is 0 Å². The molecule has 0 saturated heterocycles. The number of ether oxygens (including phenoxy) is 2. The number of carbonyl (C=O) groups excluding carboxylic acids is 8. The molecule has 2 unspecified atom stereocenters. The van der Waals surface area contributed by atoms with Gasteiger partial charge >= 0.3 is 0 Å². The summed E-state index contributed by atoms with van der Waals surface area (Å²) in [4.78, 5) is 113. The highest BCUT2D eigenvalue weighted by atomic mass is 16.5. The van der Waals surface area contributed by atoms with Gasteiger partial charge in [-0.15, -0.1) is 0 Å². The van der Waals surface area contributed by atoms with Crippen LogP contribution >= 0.6 is 0 Å². The van der Waals surface area contributed by atoms with E-state index in [1.54, 1.807) is 13.8 Å². The molecular weight excluding hydrogens is 648 g/mol. The van der Waals surface area contributed by atoms with E-state index in [4.69, 9.17) is 9.47 Å². The van der Waals surface area contributed by atoms with Crippen molar-refractivity contribution in [2.24, 2.45) is 0 Å². The number of rotatable bonds is 7. The molecule has 4 aliphatic heterocycles. The molecule has 4 heterocycles. The molecular formula is C36H26N4O10. The summed E-state index contributed by atoms with van der Waals surface area (Å²) >= 11 is 0. The molecule has 0 saturated carbocycles. The number of hydrazine groups is 1. The minimum absolute atomic E-state index is 0.0621. The molecule has 0 aromatic heterocycles. The maximum atomic E-state index is 14.2. The van der Waals surface area contributed by atoms with Crippen molar-refractivity contribution in [1.82, 2.24) is 19.8 Å². The number of benzene rings is 4. The fourth-order valence-electron chi connectivity index (χ4n) is 7.56. The zero-order chi connectivity index (χ0) is 35.5. The zero-order valence-electron chi connectivity index (χ0n) is 27.1. The van der Waals surface area contributed by atoms with Crippen LogP contribution in [0.4, 0.5) is 0 Å². The summed E-state index contributed by atoms with van der Waals surface area (Å²) in [6, 6.07) is 9.59. The number of nitrogens with zero attached hydrogens (tertiary/aromatic N) is 4. The molecule has 250 valence electrons. The van der Waals surface area contributed by atoms with E-state index in [0.29, 0.717) is 10.0 Å². The van der Waals surface area contributed by atoms with Gasteiger partial charge in [-0.1, -0.05) is 0 Å². The van der Waals surface area contributed by atoms with Crippen LogP contribution < -0.4 is 0 Å². The third-order valence-electron chi connectivity index (χ3n) is 9.71. The maximum absolute atomic E-state index is 14.2. The highest BCUT2D eigenvalue weighted by Crippen LogP contribution is 2.42. The Kier molecular flexibility index (Phi) is 6.66. The second kappa shape index (κ2) is 10.7. The molecule has 2 atom stereocenters. The molecule has 4 aromatic rings. The molecule has 4 aromatic carbocycles. The lowest BCUT2D eigenvalue weighted by Crippen LogP contribution is -2.58. The zero-order valence-corrected chi connectivity index (χ0v) is 27.1. The van der Waals surface area contributed by atoms with E-state index in [9.17, 15) is 38.4 Å². The number of methoxy groups -OCH3 is 2. The Morgan fingerprint density at radius 3 is 0.800 bits per heavy atom. The van der Waals surface area contributed by atoms with Crippen LogP contribution in [-0.4, -0.2) is 107 Å². The van der Waals surface area contributed by atoms with Gasteiger partial charge in [-0.3, -0.25) is 48.2 Å². The minimum atomic E-state index is -1.02. The number of hydrogen-bond donors (Lipinski definition) is 0. The average molecular weight is 675 g/mol. The van der Waals surface area contributed by atoms with E-state index in [1.807, 2.05) is 0 Å². The standard InChI is InChI=1S/C36H26N4O10/c1-15(13-49-3)37-29(41)17-5-9-21-27-22(10-6-18(25(17)27)30(37)42)34(46)39(33(21)45)40-35(47)23-11-7-19-26-20(8-12-24(28(23)26)36(40)48)32(44)38(31(19)43)16(2)14-50-4/h5-12,15-16H,13-14H2,1-4H3. The van der Waals surface area contributed by atoms with E-state index >= 15 is 0 Å². The van der Waals surface area contributed by atoms with Gasteiger partial charge in [0.2, 0.25) is 0 Å². The monoisotopic (exact) mass is 674 g/mol. The van der Waals surface area contributed by atoms with Gasteiger partial charge in [0.15, 0.2) is 0 Å². The van der Waals surface area contributed by atoms with Crippen molar-refractivity contribution in [2.45, 2.75) is 25.9 Å². The molecule has 0 spiro atoms. The van der Waals surface area contributed by atoms with Crippen molar-refractivity contribution in [3.8, 4) is 0 Å². The summed E-state index contributed by atoms with van der Waals surface area (Å²) < 4.78 is 10.3. The first-order valence-electron chi connectivity index (χ1n) is 15.6. The number of hydrogen-bond acceptors (Lipinski definition) is 10. The lowest BCUT2D eigenvalue weighted by atomic mass is 9.85. The maximum Gasteiger partial charge on any atom is 0.281 e. The summed E-state index contributed by atoms with van der Waals surface area (Å²) in [7, 11) is 2.89. The molecule has 50 heavy (non-hydrogen) atoms. The van der Waals surface area contributed by atoms with Crippen molar-refractivity contribution >= 4 is 68.8 Å². The Labute approximate surface area is 282 Å². The van der Waals surface area contributed by atoms with Crippen LogP contribution in [0.1, 0.15) is 96.7 Å². The van der Waals surface area contributed by atoms with Crippen molar-refractivity contribution in [3.63, 3.8) is 0 Å². The van der Waals surface area contributed by atoms with Crippen molar-refractivity contribution in [3.05, 3.63) is 93.0 Å². The first-order valence-corrected chi connectivity index (χ1v) is 15.6. The Morgan fingerprint density at radius 1 is 0.400 bits per heavy atom. The Hall–Kier alpha value is -6.12. The summed E-state index contributed by atoms with van der Waals surface area (Å²) in [6.45, 7) is 3.50. The van der Waals surface area contributed by atoms with Crippen LogP contribution in [-0.2, 0) is 9.47 Å². The second-order valence-corrected chi connectivity index (χ2v) is 12.6. The molecule has 14 heteroatoms. The SMILES string of the molecule is COCC(C)N1C(=O)c2ccc3c4c(ccc(c24)C1=O)C(=O)N(N1C(=O)c2ccc4c5c(ccc(c25)C1=O)C(=O)N(C(C)COC)C4=O)C3=O. The number of amides is 8. The molecule has 0 fully saturated rings. The van der Waals surface area contributed by atoms with Gasteiger partial charge in [-0.25, -0.2) is 0 Å². The summed E-state index contributed by atoms with van der Waals surface area (Å²) in [5, 5.41) is 1.29. The quantitative estimate of drug-likeness (QED) is 0.266. The van der Waals surface area contributed by atoms with Gasteiger partial charge in [0.1, 0.15) is 0 Å². The Morgan fingerprint density at radius 2 is 0.600 bits per heavy atom. The molecule has 8 rings (SSSR count). The second-order valence-electron chi connectivity index (χ2n) is 12.6. The summed E-state index contributed by atoms with van der Waals surface area (Å²) in [6.07, 6.45) is 0. The van der Waals surface area contributed by atoms with Crippen LogP contribution in [0.2, 0.25) is 0 Å². The third-order valence-corrected chi connectivity index (χ3v) is 9.71. The number of carbonyl (C=O) groups is 8. The third kappa shape index (κ3) is 3.79. The molecule has 0 bridgehead atoms. The fraction of sp³-hybridized carbons (Fsp3) is 0.222. The van der Waals surface area contributed by atoms with Crippen LogP contribution in [0.25, 0.3) is 21.5 Å². The van der Waals surface area contributed by atoms with Crippen LogP contribution in [0.3, 0.4) is 0 Å². The van der Waals surface area contributed by atoms with E-state index in [2.05, 4.69) is 0 Å². The first-order chi connectivity index (χ1) is 23.9. The predicted octanol–water partition coefficient (Wildman–Crippen LogP) is 3.06. The highest BCUT2D eigenvalue weighted by molar-refractivity contribution is 6.37. The average Bonchev–Trinajstić information content (AvgIpc) is 3.09. The van der Waals surface area contributed by atoms with Crippen molar-refractivity contribution < 1.29 is 47.8 Å². The van der Waals surface area contributed by atoms with Gasteiger partial charge < -0.3 is 9.47 Å². The predicted molar refractivity (Wildman–Crippen MR) is 173 cm³/mol. The highest BCUT2D eigenvalue weighted by Gasteiger charge is 2.48. The lowest BCUT2D eigenvalue weighted by molar-refractivity contribution is 0.00211. The molecule has 14 nitrogen and oxygen atoms in total. The molecule has 0 aliphatic carbocycles. The van der Waals surface area contributed by atoms with E-state index < -0.39 is 59.3 Å². The Balaban J connectivity index is 1.23. The van der Waals surface area contributed by atoms with E-state index in [1.165, 1.54) is 62.8 Å². The molecule has 0 radical (unpaired) electrons. The fourth-order valence-corrected chi connectivity index (χ4v) is 7.56. The summed E-state index contributed by atoms with van der Waals surface area (Å²) in [5.41, 5.74) is 0.0280. The van der Waals surface area contributed by atoms with Crippen molar-refractivity contribution in [1.29, 1.82) is 0 Å². The molecule has 0 N–H and O–H groups in total. The molecule has 4 aliphatic rings. The minimum Gasteiger partial charge on any atom is -0.383 e. The first kappa shape index (κ1) is 31.2. The van der Waals surface area contributed by atoms with Gasteiger partial charge in [0.25, 0.3) is 47.3 Å². The normalized spacial score (nSPS) is 17.9. The Bertz CT molecular complexity index is 2080. The van der Waals surface area contributed by atoms with Gasteiger partial charge in [0, 0.05) is 58.0 Å². The lowest BCUT2D eigenvalue weighted by Gasteiger charge is -2.38. The molecule has 8 amide bonds. The smallest absolute Gasteiger partial charge is 0.281 e. The van der Waals surface area contributed by atoms with Gasteiger partial charge in [-0.05, 0) is 62.4 Å². The van der Waals surface area contributed by atoms with Crippen LogP contribution in [0.5, 0.6) is 0 Å². The van der Waals surface area contributed by atoms with E-state index in [0.717, 1.165) is 9.80 Å². The topological polar surface area (TPSA) is 168 Å². The summed E-state index contributed by atoms with van der Waals surface area (Å²) in [5.74, 6) is -6.58.